The Morgan fingerprint density at radius 3 is 2.61 bits per heavy atom. The highest BCUT2D eigenvalue weighted by molar-refractivity contribution is 5.42. The van der Waals surface area contributed by atoms with E-state index in [0.29, 0.717) is 11.3 Å². The van der Waals surface area contributed by atoms with Gasteiger partial charge in [-0.2, -0.15) is 5.26 Å². The van der Waals surface area contributed by atoms with Crippen LogP contribution in [0.2, 0.25) is 0 Å². The summed E-state index contributed by atoms with van der Waals surface area (Å²) in [5.41, 5.74) is 0.278. The van der Waals surface area contributed by atoms with Crippen LogP contribution in [0.1, 0.15) is 5.56 Å². The predicted octanol–water partition coefficient (Wildman–Crippen LogP) is 2.65. The number of benzene rings is 1. The molecule has 0 aliphatic heterocycles. The molecular weight excluding hydrogens is 234 g/mol. The summed E-state index contributed by atoms with van der Waals surface area (Å²) < 4.78 is 5.38. The van der Waals surface area contributed by atoms with Gasteiger partial charge >= 0.3 is 0 Å². The maximum Gasteiger partial charge on any atom is 0.269 e. The molecule has 0 amide bonds. The molecule has 0 bridgehead atoms. The third-order valence-corrected chi connectivity index (χ3v) is 2.15. The van der Waals surface area contributed by atoms with Crippen molar-refractivity contribution in [2.45, 2.75) is 0 Å². The topological polar surface area (TPSA) is 89.0 Å². The van der Waals surface area contributed by atoms with Crippen molar-refractivity contribution in [3.05, 3.63) is 58.3 Å². The molecule has 0 atom stereocenters. The van der Waals surface area contributed by atoms with E-state index in [0.717, 1.165) is 0 Å². The minimum absolute atomic E-state index is 0.0242. The summed E-state index contributed by atoms with van der Waals surface area (Å²) in [6, 6.07) is 10.7. The molecule has 0 saturated heterocycles. The van der Waals surface area contributed by atoms with Crippen LogP contribution in [0.3, 0.4) is 0 Å². The second-order valence-electron chi connectivity index (χ2n) is 3.32. The lowest BCUT2D eigenvalue weighted by molar-refractivity contribution is -0.384. The maximum absolute atomic E-state index is 10.5. The van der Waals surface area contributed by atoms with Crippen LogP contribution in [0.25, 0.3) is 0 Å². The van der Waals surface area contributed by atoms with Crippen molar-refractivity contribution >= 4 is 5.69 Å². The second-order valence-corrected chi connectivity index (χ2v) is 3.32. The molecule has 0 aliphatic carbocycles. The number of non-ortho nitro benzene ring substituents is 1. The van der Waals surface area contributed by atoms with Crippen LogP contribution in [0.4, 0.5) is 5.69 Å². The summed E-state index contributed by atoms with van der Waals surface area (Å²) in [5.74, 6) is 0.560. The zero-order valence-corrected chi connectivity index (χ0v) is 9.11. The van der Waals surface area contributed by atoms with Gasteiger partial charge in [0, 0.05) is 18.3 Å². The summed E-state index contributed by atoms with van der Waals surface area (Å²) in [7, 11) is 0. The molecule has 0 N–H and O–H groups in total. The monoisotopic (exact) mass is 241 g/mol. The summed E-state index contributed by atoms with van der Waals surface area (Å²) in [6.07, 6.45) is 1.50. The highest BCUT2D eigenvalue weighted by Gasteiger charge is 2.08. The van der Waals surface area contributed by atoms with E-state index in [2.05, 4.69) is 4.98 Å². The van der Waals surface area contributed by atoms with E-state index in [1.54, 1.807) is 12.1 Å². The fourth-order valence-electron chi connectivity index (χ4n) is 1.30. The molecule has 18 heavy (non-hydrogen) atoms. The molecular formula is C12H7N3O3. The van der Waals surface area contributed by atoms with Crippen LogP contribution >= 0.6 is 0 Å². The van der Waals surface area contributed by atoms with Crippen molar-refractivity contribution in [3.63, 3.8) is 0 Å². The summed E-state index contributed by atoms with van der Waals surface area (Å²) >= 11 is 0. The van der Waals surface area contributed by atoms with E-state index in [9.17, 15) is 10.1 Å². The zero-order valence-electron chi connectivity index (χ0n) is 9.11. The maximum atomic E-state index is 10.5. The molecule has 0 radical (unpaired) electrons. The van der Waals surface area contributed by atoms with E-state index in [1.807, 2.05) is 6.07 Å². The molecule has 88 valence electrons. The van der Waals surface area contributed by atoms with Gasteiger partial charge in [-0.05, 0) is 24.3 Å². The van der Waals surface area contributed by atoms with E-state index >= 15 is 0 Å². The van der Waals surface area contributed by atoms with E-state index < -0.39 is 4.92 Å². The molecule has 2 aromatic rings. The number of hydrogen-bond donors (Lipinski definition) is 0. The van der Waals surface area contributed by atoms with Gasteiger partial charge in [-0.15, -0.1) is 0 Å². The molecule has 0 spiro atoms. The van der Waals surface area contributed by atoms with Gasteiger partial charge in [0.05, 0.1) is 4.92 Å². The van der Waals surface area contributed by atoms with E-state index in [1.165, 1.54) is 30.5 Å². The minimum Gasteiger partial charge on any atom is -0.438 e. The number of rotatable bonds is 3. The van der Waals surface area contributed by atoms with Crippen LogP contribution in [0, 0.1) is 21.4 Å². The zero-order chi connectivity index (χ0) is 13.0. The first-order valence-electron chi connectivity index (χ1n) is 4.98. The van der Waals surface area contributed by atoms with Gasteiger partial charge in [-0.25, -0.2) is 4.98 Å². The first kappa shape index (κ1) is 11.5. The number of nitrogens with zero attached hydrogens (tertiary/aromatic N) is 3. The molecule has 1 aromatic carbocycles. The van der Waals surface area contributed by atoms with Crippen LogP contribution < -0.4 is 4.74 Å². The van der Waals surface area contributed by atoms with Crippen molar-refractivity contribution < 1.29 is 9.66 Å². The van der Waals surface area contributed by atoms with Crippen LogP contribution in [-0.4, -0.2) is 9.91 Å². The first-order valence-corrected chi connectivity index (χ1v) is 4.98. The van der Waals surface area contributed by atoms with Crippen molar-refractivity contribution in [2.24, 2.45) is 0 Å². The van der Waals surface area contributed by atoms with Crippen molar-refractivity contribution in [1.82, 2.24) is 4.98 Å². The Labute approximate surface area is 102 Å². The molecule has 0 saturated carbocycles. The number of aromatic nitrogens is 1. The number of ether oxygens (including phenoxy) is 1. The Kier molecular flexibility index (Phi) is 3.16. The van der Waals surface area contributed by atoms with Gasteiger partial charge in [0.15, 0.2) is 0 Å². The third-order valence-electron chi connectivity index (χ3n) is 2.15. The first-order chi connectivity index (χ1) is 8.70. The Morgan fingerprint density at radius 2 is 2.00 bits per heavy atom. The Balaban J connectivity index is 2.24. The number of pyridine rings is 1. The highest BCUT2D eigenvalue weighted by Crippen LogP contribution is 2.24. The molecule has 6 heteroatoms. The quantitative estimate of drug-likeness (QED) is 0.608. The van der Waals surface area contributed by atoms with Gasteiger partial charge in [0.25, 0.3) is 5.69 Å². The second kappa shape index (κ2) is 4.93. The van der Waals surface area contributed by atoms with Gasteiger partial charge in [0.2, 0.25) is 5.88 Å². The molecule has 0 aliphatic rings. The number of hydrogen-bond acceptors (Lipinski definition) is 5. The minimum atomic E-state index is -0.495. The third kappa shape index (κ3) is 2.41. The normalized spacial score (nSPS) is 9.50. The van der Waals surface area contributed by atoms with Crippen LogP contribution in [0.5, 0.6) is 11.6 Å². The van der Waals surface area contributed by atoms with Crippen molar-refractivity contribution in [1.29, 1.82) is 5.26 Å². The predicted molar refractivity (Wildman–Crippen MR) is 62.1 cm³/mol. The van der Waals surface area contributed by atoms with E-state index in [4.69, 9.17) is 10.00 Å². The summed E-state index contributed by atoms with van der Waals surface area (Å²) in [5, 5.41) is 19.3. The van der Waals surface area contributed by atoms with Crippen molar-refractivity contribution in [2.75, 3.05) is 0 Å². The van der Waals surface area contributed by atoms with Gasteiger partial charge < -0.3 is 4.74 Å². The molecule has 1 heterocycles. The standard InChI is InChI=1S/C12H7N3O3/c13-8-9-2-1-7-14-12(9)18-11-5-3-10(4-6-11)15(16)17/h1-7H. The van der Waals surface area contributed by atoms with Crippen LogP contribution in [-0.2, 0) is 0 Å². The SMILES string of the molecule is N#Cc1cccnc1Oc1ccc([N+](=O)[O-])cc1. The largest absolute Gasteiger partial charge is 0.438 e. The molecule has 6 nitrogen and oxygen atoms in total. The van der Waals surface area contributed by atoms with Gasteiger partial charge in [-0.1, -0.05) is 0 Å². The fraction of sp³-hybridized carbons (Fsp3) is 0. The lowest BCUT2D eigenvalue weighted by Gasteiger charge is -2.05. The Bertz CT molecular complexity index is 617. The molecule has 0 unspecified atom stereocenters. The molecule has 0 fully saturated rings. The Hall–Kier alpha value is -2.94. The van der Waals surface area contributed by atoms with Crippen LogP contribution in [0.15, 0.2) is 42.6 Å². The number of nitro benzene ring substituents is 1. The summed E-state index contributed by atoms with van der Waals surface area (Å²) in [4.78, 5) is 13.9. The average Bonchev–Trinajstić information content (AvgIpc) is 2.40. The van der Waals surface area contributed by atoms with Crippen molar-refractivity contribution in [3.8, 4) is 17.7 Å². The lowest BCUT2D eigenvalue weighted by atomic mass is 10.3. The van der Waals surface area contributed by atoms with Gasteiger partial charge in [0.1, 0.15) is 17.4 Å². The Morgan fingerprint density at radius 1 is 1.28 bits per heavy atom. The van der Waals surface area contributed by atoms with E-state index in [-0.39, 0.29) is 11.6 Å². The fourth-order valence-corrected chi connectivity index (χ4v) is 1.30. The highest BCUT2D eigenvalue weighted by atomic mass is 16.6. The summed E-state index contributed by atoms with van der Waals surface area (Å²) in [6.45, 7) is 0. The lowest BCUT2D eigenvalue weighted by Crippen LogP contribution is -1.92. The number of nitro groups is 1. The number of nitriles is 1. The average molecular weight is 241 g/mol. The molecule has 1 aromatic heterocycles. The smallest absolute Gasteiger partial charge is 0.269 e. The molecule has 2 rings (SSSR count). The van der Waals surface area contributed by atoms with Gasteiger partial charge in [-0.3, -0.25) is 10.1 Å².